The Balaban J connectivity index is 1.74. The Morgan fingerprint density at radius 3 is 2.87 bits per heavy atom. The van der Waals surface area contributed by atoms with Gasteiger partial charge in [-0.25, -0.2) is 15.0 Å². The van der Waals surface area contributed by atoms with Gasteiger partial charge < -0.3 is 15.2 Å². The summed E-state index contributed by atoms with van der Waals surface area (Å²) in [7, 11) is 1.59. The molecule has 7 nitrogen and oxygen atoms in total. The van der Waals surface area contributed by atoms with Crippen molar-refractivity contribution in [2.24, 2.45) is 0 Å². The van der Waals surface area contributed by atoms with Crippen molar-refractivity contribution in [3.63, 3.8) is 0 Å². The molecule has 2 aromatic heterocycles. The number of hydrogen-bond donors (Lipinski definition) is 2. The predicted octanol–water partition coefficient (Wildman–Crippen LogP) is 2.10. The van der Waals surface area contributed by atoms with E-state index in [0.717, 1.165) is 16.6 Å². The number of hydrogen-bond acceptors (Lipinski definition) is 7. The molecule has 0 radical (unpaired) electrons. The summed E-state index contributed by atoms with van der Waals surface area (Å²) in [5.74, 6) is 2.12. The third-order valence-corrected chi connectivity index (χ3v) is 3.35. The molecule has 2 heterocycles. The van der Waals surface area contributed by atoms with Gasteiger partial charge in [0.2, 0.25) is 5.88 Å². The van der Waals surface area contributed by atoms with Crippen molar-refractivity contribution in [2.75, 3.05) is 19.0 Å². The number of ether oxygens (including phenoxy) is 1. The maximum absolute atomic E-state index is 9.63. The Bertz CT molecular complexity index is 838. The summed E-state index contributed by atoms with van der Waals surface area (Å²) >= 11 is 0. The molecular weight excluding hydrogens is 294 g/mol. The lowest BCUT2D eigenvalue weighted by molar-refractivity contribution is 0.394. The number of phenolic OH excluding ortho intramolecular Hbond substituents is 1. The summed E-state index contributed by atoms with van der Waals surface area (Å²) in [4.78, 5) is 17.1. The number of aryl methyl sites for hydroxylation is 1. The molecule has 0 saturated carbocycles. The smallest absolute Gasteiger partial charge is 0.216 e. The first kappa shape index (κ1) is 15.0. The summed E-state index contributed by atoms with van der Waals surface area (Å²) in [6.07, 6.45) is 2.12. The van der Waals surface area contributed by atoms with Crippen molar-refractivity contribution in [1.29, 1.82) is 0 Å². The Hall–Kier alpha value is -2.96. The minimum Gasteiger partial charge on any atom is -0.508 e. The summed E-state index contributed by atoms with van der Waals surface area (Å²) in [6.45, 7) is 2.51. The molecule has 118 valence electrons. The summed E-state index contributed by atoms with van der Waals surface area (Å²) in [5, 5.41) is 13.6. The van der Waals surface area contributed by atoms with Gasteiger partial charge in [0.05, 0.1) is 12.6 Å². The number of nitrogens with zero attached hydrogens (tertiary/aromatic N) is 4. The van der Waals surface area contributed by atoms with Crippen LogP contribution in [-0.2, 0) is 6.42 Å². The van der Waals surface area contributed by atoms with Crippen LogP contribution in [0.2, 0.25) is 0 Å². The molecule has 1 aromatic carbocycles. The highest BCUT2D eigenvalue weighted by Gasteiger charge is 2.06. The SMILES string of the molecule is COc1cc(C)nc(CCNc2ncnc3ccc(O)cc23)n1. The number of anilines is 1. The van der Waals surface area contributed by atoms with Gasteiger partial charge in [0.15, 0.2) is 0 Å². The van der Waals surface area contributed by atoms with Crippen molar-refractivity contribution in [3.05, 3.63) is 42.1 Å². The van der Waals surface area contributed by atoms with E-state index in [0.29, 0.717) is 30.5 Å². The van der Waals surface area contributed by atoms with Gasteiger partial charge in [-0.1, -0.05) is 0 Å². The first-order valence-corrected chi connectivity index (χ1v) is 7.22. The van der Waals surface area contributed by atoms with Crippen LogP contribution in [0.1, 0.15) is 11.5 Å². The Morgan fingerprint density at radius 2 is 2.04 bits per heavy atom. The molecule has 0 saturated heterocycles. The molecule has 0 spiro atoms. The van der Waals surface area contributed by atoms with Crippen LogP contribution in [0.25, 0.3) is 10.9 Å². The molecule has 0 aliphatic heterocycles. The fraction of sp³-hybridized carbons (Fsp3) is 0.250. The number of fused-ring (bicyclic) bond motifs is 1. The molecule has 3 aromatic rings. The van der Waals surface area contributed by atoms with Crippen molar-refractivity contribution < 1.29 is 9.84 Å². The minimum atomic E-state index is 0.183. The van der Waals surface area contributed by atoms with Gasteiger partial charge in [0.1, 0.15) is 23.7 Å². The maximum atomic E-state index is 9.63. The summed E-state index contributed by atoms with van der Waals surface area (Å²) in [6, 6.07) is 6.79. The monoisotopic (exact) mass is 311 g/mol. The van der Waals surface area contributed by atoms with Crippen LogP contribution in [0, 0.1) is 6.92 Å². The number of methoxy groups -OCH3 is 1. The second-order valence-electron chi connectivity index (χ2n) is 5.07. The van der Waals surface area contributed by atoms with Gasteiger partial charge in [0.25, 0.3) is 0 Å². The van der Waals surface area contributed by atoms with Gasteiger partial charge in [-0.2, -0.15) is 4.98 Å². The van der Waals surface area contributed by atoms with Crippen molar-refractivity contribution in [2.45, 2.75) is 13.3 Å². The number of phenols is 1. The molecule has 7 heteroatoms. The van der Waals surface area contributed by atoms with Crippen LogP contribution in [0.15, 0.2) is 30.6 Å². The number of benzene rings is 1. The number of aromatic hydroxyl groups is 1. The molecule has 0 bridgehead atoms. The number of nitrogens with one attached hydrogen (secondary N) is 1. The van der Waals surface area contributed by atoms with E-state index in [4.69, 9.17) is 4.74 Å². The van der Waals surface area contributed by atoms with Crippen LogP contribution in [-0.4, -0.2) is 38.7 Å². The van der Waals surface area contributed by atoms with Gasteiger partial charge in [0, 0.05) is 30.1 Å². The molecule has 2 N–H and O–H groups in total. The minimum absolute atomic E-state index is 0.183. The van der Waals surface area contributed by atoms with E-state index in [2.05, 4.69) is 25.3 Å². The quantitative estimate of drug-likeness (QED) is 0.745. The zero-order valence-electron chi connectivity index (χ0n) is 12.9. The first-order valence-electron chi connectivity index (χ1n) is 7.22. The highest BCUT2D eigenvalue weighted by atomic mass is 16.5. The van der Waals surface area contributed by atoms with E-state index in [1.807, 2.05) is 6.92 Å². The molecule has 0 aliphatic carbocycles. The fourth-order valence-corrected chi connectivity index (χ4v) is 2.29. The lowest BCUT2D eigenvalue weighted by Crippen LogP contribution is -2.10. The van der Waals surface area contributed by atoms with Gasteiger partial charge in [-0.3, -0.25) is 0 Å². The number of rotatable bonds is 5. The van der Waals surface area contributed by atoms with Gasteiger partial charge in [-0.15, -0.1) is 0 Å². The topological polar surface area (TPSA) is 93.0 Å². The lowest BCUT2D eigenvalue weighted by atomic mass is 10.2. The first-order chi connectivity index (χ1) is 11.2. The van der Waals surface area contributed by atoms with Crippen molar-refractivity contribution >= 4 is 16.7 Å². The standard InChI is InChI=1S/C16H17N5O2/c1-10-7-15(23-2)21-14(20-10)5-6-17-16-12-8-11(22)3-4-13(12)18-9-19-16/h3-4,7-9,22H,5-6H2,1-2H3,(H,17,18,19). The van der Waals surface area contributed by atoms with E-state index in [1.54, 1.807) is 31.4 Å². The fourth-order valence-electron chi connectivity index (χ4n) is 2.29. The molecule has 0 amide bonds. The van der Waals surface area contributed by atoms with E-state index in [-0.39, 0.29) is 5.75 Å². The molecule has 23 heavy (non-hydrogen) atoms. The van der Waals surface area contributed by atoms with E-state index in [9.17, 15) is 5.11 Å². The zero-order valence-corrected chi connectivity index (χ0v) is 12.9. The van der Waals surface area contributed by atoms with Crippen LogP contribution in [0.5, 0.6) is 11.6 Å². The number of aromatic nitrogens is 4. The molecule has 0 unspecified atom stereocenters. The van der Waals surface area contributed by atoms with Crippen molar-refractivity contribution in [1.82, 2.24) is 19.9 Å². The predicted molar refractivity (Wildman–Crippen MR) is 86.7 cm³/mol. The van der Waals surface area contributed by atoms with E-state index in [1.165, 1.54) is 6.33 Å². The van der Waals surface area contributed by atoms with Crippen molar-refractivity contribution in [3.8, 4) is 11.6 Å². The van der Waals surface area contributed by atoms with Gasteiger partial charge >= 0.3 is 0 Å². The molecule has 0 aliphatic rings. The van der Waals surface area contributed by atoms with Gasteiger partial charge in [-0.05, 0) is 25.1 Å². The van der Waals surface area contributed by atoms with Crippen LogP contribution >= 0.6 is 0 Å². The molecule has 3 rings (SSSR count). The Kier molecular flexibility index (Phi) is 4.18. The Labute approximate surface area is 133 Å². The highest BCUT2D eigenvalue weighted by molar-refractivity contribution is 5.89. The summed E-state index contributed by atoms with van der Waals surface area (Å²) in [5.41, 5.74) is 1.64. The third kappa shape index (κ3) is 3.45. The normalized spacial score (nSPS) is 10.7. The molecule has 0 fully saturated rings. The highest BCUT2D eigenvalue weighted by Crippen LogP contribution is 2.23. The maximum Gasteiger partial charge on any atom is 0.216 e. The molecule has 0 atom stereocenters. The molecular formula is C16H17N5O2. The van der Waals surface area contributed by atoms with Crippen LogP contribution in [0.4, 0.5) is 5.82 Å². The average Bonchev–Trinajstić information content (AvgIpc) is 2.54. The Morgan fingerprint density at radius 1 is 1.17 bits per heavy atom. The van der Waals surface area contributed by atoms with Crippen LogP contribution < -0.4 is 10.1 Å². The average molecular weight is 311 g/mol. The zero-order chi connectivity index (χ0) is 16.2. The largest absolute Gasteiger partial charge is 0.508 e. The second-order valence-corrected chi connectivity index (χ2v) is 5.07. The second kappa shape index (κ2) is 6.43. The summed E-state index contributed by atoms with van der Waals surface area (Å²) < 4.78 is 5.15. The lowest BCUT2D eigenvalue weighted by Gasteiger charge is -2.09. The van der Waals surface area contributed by atoms with E-state index >= 15 is 0 Å². The third-order valence-electron chi connectivity index (χ3n) is 3.35. The van der Waals surface area contributed by atoms with Crippen LogP contribution in [0.3, 0.4) is 0 Å². The van der Waals surface area contributed by atoms with E-state index < -0.39 is 0 Å².